The lowest BCUT2D eigenvalue weighted by atomic mass is 9.68. The second-order valence-electron chi connectivity index (χ2n) is 7.70. The van der Waals surface area contributed by atoms with E-state index in [4.69, 9.17) is 9.47 Å². The summed E-state index contributed by atoms with van der Waals surface area (Å²) in [5, 5.41) is 23.1. The summed E-state index contributed by atoms with van der Waals surface area (Å²) in [5.41, 5.74) is 2.30. The maximum absolute atomic E-state index is 10.8. The Morgan fingerprint density at radius 3 is 2.34 bits per heavy atom. The molecule has 2 aromatic carbocycles. The van der Waals surface area contributed by atoms with Crippen LogP contribution in [0.2, 0.25) is 0 Å². The molecule has 0 amide bonds. The third kappa shape index (κ3) is 4.86. The molecule has 0 radical (unpaired) electrons. The highest BCUT2D eigenvalue weighted by molar-refractivity contribution is 5.45. The third-order valence-electron chi connectivity index (χ3n) is 5.97. The van der Waals surface area contributed by atoms with Gasteiger partial charge in [0.25, 0.3) is 5.69 Å². The summed E-state index contributed by atoms with van der Waals surface area (Å²) in [5.74, 6) is 1.42. The number of nitro groups is 1. The van der Waals surface area contributed by atoms with Crippen molar-refractivity contribution in [1.82, 2.24) is 0 Å². The minimum atomic E-state index is -0.382. The third-order valence-corrected chi connectivity index (χ3v) is 5.97. The van der Waals surface area contributed by atoms with Gasteiger partial charge in [-0.2, -0.15) is 0 Å². The van der Waals surface area contributed by atoms with Crippen LogP contribution in [0.15, 0.2) is 42.5 Å². The standard InChI is InChI=1S/C22H28N2O5/c1-28-20-8-5-17(13-21(20)29-2)22(11-9-19(25)10-12-22)15-23-14-16-3-6-18(7-4-16)24(26)27/h3-8,13,19,23,25H,9-12,14-15H2,1-2H3/p+1. The van der Waals surface area contributed by atoms with Crippen LogP contribution >= 0.6 is 0 Å². The first-order chi connectivity index (χ1) is 14.0. The van der Waals surface area contributed by atoms with Crippen LogP contribution in [0, 0.1) is 10.1 Å². The monoisotopic (exact) mass is 401 g/mol. The van der Waals surface area contributed by atoms with Gasteiger partial charge in [-0.1, -0.05) is 6.07 Å². The van der Waals surface area contributed by atoms with Crippen LogP contribution in [-0.2, 0) is 12.0 Å². The molecule has 29 heavy (non-hydrogen) atoms. The number of hydrogen-bond donors (Lipinski definition) is 2. The highest BCUT2D eigenvalue weighted by Crippen LogP contribution is 2.41. The van der Waals surface area contributed by atoms with Gasteiger partial charge in [0.2, 0.25) is 0 Å². The van der Waals surface area contributed by atoms with Crippen LogP contribution < -0.4 is 14.8 Å². The van der Waals surface area contributed by atoms with Gasteiger partial charge in [0.15, 0.2) is 11.5 Å². The average molecular weight is 401 g/mol. The van der Waals surface area contributed by atoms with Gasteiger partial charge in [-0.15, -0.1) is 0 Å². The van der Waals surface area contributed by atoms with Gasteiger partial charge in [0.05, 0.1) is 31.8 Å². The molecule has 3 N–H and O–H groups in total. The molecule has 1 saturated carbocycles. The van der Waals surface area contributed by atoms with Gasteiger partial charge in [-0.25, -0.2) is 0 Å². The number of nitrogens with two attached hydrogens (primary N) is 1. The van der Waals surface area contributed by atoms with Crippen LogP contribution in [0.4, 0.5) is 5.69 Å². The summed E-state index contributed by atoms with van der Waals surface area (Å²) in [4.78, 5) is 10.4. The van der Waals surface area contributed by atoms with E-state index in [1.807, 2.05) is 18.2 Å². The molecule has 0 spiro atoms. The number of rotatable bonds is 8. The van der Waals surface area contributed by atoms with Crippen molar-refractivity contribution in [3.05, 3.63) is 63.7 Å². The van der Waals surface area contributed by atoms with E-state index in [0.29, 0.717) is 11.5 Å². The number of quaternary nitrogens is 1. The van der Waals surface area contributed by atoms with Gasteiger partial charge in [0.1, 0.15) is 6.54 Å². The molecule has 1 aliphatic carbocycles. The fourth-order valence-electron chi connectivity index (χ4n) is 4.20. The van der Waals surface area contributed by atoms with E-state index in [1.165, 1.54) is 5.56 Å². The second-order valence-corrected chi connectivity index (χ2v) is 7.70. The minimum Gasteiger partial charge on any atom is -0.493 e. The van der Waals surface area contributed by atoms with Gasteiger partial charge in [0, 0.05) is 23.1 Å². The van der Waals surface area contributed by atoms with Crippen LogP contribution in [0.5, 0.6) is 11.5 Å². The van der Waals surface area contributed by atoms with Crippen LogP contribution in [-0.4, -0.2) is 36.9 Å². The number of benzene rings is 2. The van der Waals surface area contributed by atoms with Gasteiger partial charge < -0.3 is 19.9 Å². The largest absolute Gasteiger partial charge is 0.493 e. The van der Waals surface area contributed by atoms with Crippen molar-refractivity contribution in [3.63, 3.8) is 0 Å². The molecule has 0 aromatic heterocycles. The van der Waals surface area contributed by atoms with Crippen molar-refractivity contribution >= 4 is 5.69 Å². The lowest BCUT2D eigenvalue weighted by Crippen LogP contribution is -2.86. The van der Waals surface area contributed by atoms with Crippen molar-refractivity contribution in [1.29, 1.82) is 0 Å². The van der Waals surface area contributed by atoms with Crippen LogP contribution in [0.25, 0.3) is 0 Å². The quantitative estimate of drug-likeness (QED) is 0.523. The Morgan fingerprint density at radius 2 is 1.76 bits per heavy atom. The van der Waals surface area contributed by atoms with E-state index >= 15 is 0 Å². The second kappa shape index (κ2) is 9.24. The molecule has 0 heterocycles. The normalized spacial score (nSPS) is 21.6. The van der Waals surface area contributed by atoms with E-state index in [1.54, 1.807) is 26.4 Å². The Morgan fingerprint density at radius 1 is 1.10 bits per heavy atom. The lowest BCUT2D eigenvalue weighted by molar-refractivity contribution is -0.678. The maximum Gasteiger partial charge on any atom is 0.269 e. The molecule has 0 atom stereocenters. The van der Waals surface area contributed by atoms with Gasteiger partial charge in [-0.05, 0) is 55.5 Å². The van der Waals surface area contributed by atoms with E-state index < -0.39 is 0 Å². The predicted octanol–water partition coefficient (Wildman–Crippen LogP) is 2.55. The van der Waals surface area contributed by atoms with Gasteiger partial charge in [-0.3, -0.25) is 10.1 Å². The van der Waals surface area contributed by atoms with Crippen molar-refractivity contribution in [2.75, 3.05) is 20.8 Å². The topological polar surface area (TPSA) is 98.4 Å². The number of ether oxygens (including phenoxy) is 2. The van der Waals surface area contributed by atoms with E-state index in [-0.39, 0.29) is 22.1 Å². The summed E-state index contributed by atoms with van der Waals surface area (Å²) in [6.45, 7) is 1.61. The summed E-state index contributed by atoms with van der Waals surface area (Å²) in [6, 6.07) is 12.8. The molecule has 156 valence electrons. The molecule has 0 bridgehead atoms. The van der Waals surface area contributed by atoms with Crippen molar-refractivity contribution in [3.8, 4) is 11.5 Å². The summed E-state index contributed by atoms with van der Waals surface area (Å²) >= 11 is 0. The zero-order valence-electron chi connectivity index (χ0n) is 17.0. The average Bonchev–Trinajstić information content (AvgIpc) is 2.75. The first kappa shape index (κ1) is 21.1. The lowest BCUT2D eigenvalue weighted by Gasteiger charge is -2.38. The molecular weight excluding hydrogens is 372 g/mol. The predicted molar refractivity (Wildman–Crippen MR) is 109 cm³/mol. The van der Waals surface area contributed by atoms with Crippen LogP contribution in [0.3, 0.4) is 0 Å². The smallest absolute Gasteiger partial charge is 0.269 e. The highest BCUT2D eigenvalue weighted by Gasteiger charge is 2.38. The Bertz CT molecular complexity index is 830. The fraction of sp³-hybridized carbons (Fsp3) is 0.455. The molecule has 0 unspecified atom stereocenters. The van der Waals surface area contributed by atoms with E-state index in [0.717, 1.165) is 44.3 Å². The maximum atomic E-state index is 10.8. The molecule has 0 saturated heterocycles. The minimum absolute atomic E-state index is 0.0560. The Labute approximate surface area is 170 Å². The molecule has 7 heteroatoms. The molecule has 7 nitrogen and oxygen atoms in total. The van der Waals surface area contributed by atoms with Crippen molar-refractivity contribution < 1.29 is 24.8 Å². The Kier molecular flexibility index (Phi) is 6.71. The fourth-order valence-corrected chi connectivity index (χ4v) is 4.20. The zero-order valence-corrected chi connectivity index (χ0v) is 17.0. The Balaban J connectivity index is 1.76. The molecule has 0 aliphatic heterocycles. The van der Waals surface area contributed by atoms with E-state index in [2.05, 4.69) is 17.4 Å². The van der Waals surface area contributed by atoms with Crippen LogP contribution in [0.1, 0.15) is 36.8 Å². The number of methoxy groups -OCH3 is 2. The number of aliphatic hydroxyl groups is 1. The number of non-ortho nitro benzene ring substituents is 1. The highest BCUT2D eigenvalue weighted by atomic mass is 16.6. The van der Waals surface area contributed by atoms with Crippen molar-refractivity contribution in [2.45, 2.75) is 43.7 Å². The summed E-state index contributed by atoms with van der Waals surface area (Å²) in [6.07, 6.45) is 3.12. The first-order valence-electron chi connectivity index (χ1n) is 9.93. The molecular formula is C22H29N2O5+. The zero-order chi connectivity index (χ0) is 20.9. The molecule has 1 aliphatic rings. The number of nitro benzene ring substituents is 1. The first-order valence-corrected chi connectivity index (χ1v) is 9.93. The molecule has 3 rings (SSSR count). The van der Waals surface area contributed by atoms with Crippen molar-refractivity contribution in [2.24, 2.45) is 0 Å². The summed E-state index contributed by atoms with van der Waals surface area (Å²) in [7, 11) is 3.27. The SMILES string of the molecule is COc1ccc(C2(C[NH2+]Cc3ccc([N+](=O)[O-])cc3)CCC(O)CC2)cc1OC. The van der Waals surface area contributed by atoms with Gasteiger partial charge >= 0.3 is 0 Å². The number of aliphatic hydroxyl groups excluding tert-OH is 1. The summed E-state index contributed by atoms with van der Waals surface area (Å²) < 4.78 is 10.9. The van der Waals surface area contributed by atoms with E-state index in [9.17, 15) is 15.2 Å². The number of hydrogen-bond acceptors (Lipinski definition) is 5. The number of nitrogens with zero attached hydrogens (tertiary/aromatic N) is 1. The Hall–Kier alpha value is -2.64. The molecule has 2 aromatic rings. The molecule has 1 fully saturated rings.